The normalized spacial score (nSPS) is 13.5. The van der Waals surface area contributed by atoms with Crippen molar-refractivity contribution in [3.05, 3.63) is 53.7 Å². The summed E-state index contributed by atoms with van der Waals surface area (Å²) >= 11 is 0. The Morgan fingerprint density at radius 3 is 2.79 bits per heavy atom. The van der Waals surface area contributed by atoms with E-state index in [1.807, 2.05) is 24.3 Å². The maximum atomic E-state index is 13.0. The Kier molecular flexibility index (Phi) is 5.14. The number of hydrogen-bond donors (Lipinski definition) is 3. The van der Waals surface area contributed by atoms with Gasteiger partial charge in [0.25, 0.3) is 10.0 Å². The van der Waals surface area contributed by atoms with Gasteiger partial charge >= 0.3 is 6.03 Å². The van der Waals surface area contributed by atoms with Crippen molar-refractivity contribution in [2.45, 2.75) is 37.8 Å². The molecule has 8 nitrogen and oxygen atoms in total. The number of nitrogens with zero attached hydrogens (tertiary/aromatic N) is 2. The topological polar surface area (TPSA) is 107 Å². The van der Waals surface area contributed by atoms with Crippen LogP contribution in [0.15, 0.2) is 47.4 Å². The van der Waals surface area contributed by atoms with Crippen molar-refractivity contribution < 1.29 is 13.2 Å². The van der Waals surface area contributed by atoms with Crippen LogP contribution in [-0.2, 0) is 23.1 Å². The van der Waals surface area contributed by atoms with Crippen LogP contribution in [0, 0.1) is 0 Å². The second-order valence-electron chi connectivity index (χ2n) is 7.05. The number of aromatic nitrogens is 2. The number of unbranched alkanes of at least 4 members (excludes halogenated alkanes) is 1. The molecule has 1 aliphatic heterocycles. The van der Waals surface area contributed by atoms with E-state index in [4.69, 9.17) is 0 Å². The third kappa shape index (κ3) is 3.77. The first kappa shape index (κ1) is 19.3. The van der Waals surface area contributed by atoms with Gasteiger partial charge in [-0.2, -0.15) is 5.10 Å². The molecule has 3 N–H and O–H groups in total. The van der Waals surface area contributed by atoms with Gasteiger partial charge in [0.15, 0.2) is 5.82 Å². The van der Waals surface area contributed by atoms with Gasteiger partial charge < -0.3 is 10.2 Å². The van der Waals surface area contributed by atoms with Gasteiger partial charge in [-0.05, 0) is 17.9 Å². The zero-order chi connectivity index (χ0) is 20.4. The van der Waals surface area contributed by atoms with Crippen LogP contribution in [0.3, 0.4) is 0 Å². The monoisotopic (exact) mass is 413 g/mol. The summed E-state index contributed by atoms with van der Waals surface area (Å²) in [6.07, 6.45) is 1.92. The fourth-order valence-electron chi connectivity index (χ4n) is 3.46. The Morgan fingerprint density at radius 1 is 1.17 bits per heavy atom. The molecule has 0 spiro atoms. The molecular weight excluding hydrogens is 390 g/mol. The summed E-state index contributed by atoms with van der Waals surface area (Å²) in [6, 6.07) is 12.3. The minimum Gasteiger partial charge on any atom is -0.338 e. The summed E-state index contributed by atoms with van der Waals surface area (Å²) in [5.41, 5.74) is 1.44. The molecule has 2 aromatic carbocycles. The number of carbonyl (C=O) groups excluding carboxylic acids is 1. The Morgan fingerprint density at radius 2 is 1.97 bits per heavy atom. The molecule has 4 rings (SSSR count). The van der Waals surface area contributed by atoms with E-state index < -0.39 is 10.0 Å². The molecule has 9 heteroatoms. The van der Waals surface area contributed by atoms with Crippen molar-refractivity contribution in [1.82, 2.24) is 20.4 Å². The Labute approximate surface area is 169 Å². The van der Waals surface area contributed by atoms with E-state index in [9.17, 15) is 13.2 Å². The lowest BCUT2D eigenvalue weighted by Crippen LogP contribution is -2.37. The van der Waals surface area contributed by atoms with Crippen molar-refractivity contribution in [2.24, 2.45) is 0 Å². The molecule has 0 atom stereocenters. The van der Waals surface area contributed by atoms with Crippen molar-refractivity contribution in [3.63, 3.8) is 0 Å². The molecule has 1 aromatic heterocycles. The third-order valence-electron chi connectivity index (χ3n) is 5.01. The van der Waals surface area contributed by atoms with Crippen LogP contribution in [0.2, 0.25) is 0 Å². The predicted molar refractivity (Wildman–Crippen MR) is 111 cm³/mol. The molecule has 152 valence electrons. The van der Waals surface area contributed by atoms with Crippen LogP contribution in [0.25, 0.3) is 10.8 Å². The number of nitrogens with one attached hydrogen (secondary N) is 3. The summed E-state index contributed by atoms with van der Waals surface area (Å²) in [4.78, 5) is 14.1. The SMILES string of the molecule is CCCCNC(=O)N1Cc2[nH]nc(NS(=O)(=O)c3cccc4ccccc34)c2C1. The van der Waals surface area contributed by atoms with E-state index in [1.165, 1.54) is 0 Å². The van der Waals surface area contributed by atoms with Crippen LogP contribution >= 0.6 is 0 Å². The van der Waals surface area contributed by atoms with Crippen LogP contribution < -0.4 is 10.0 Å². The summed E-state index contributed by atoms with van der Waals surface area (Å²) in [5, 5.41) is 11.3. The van der Waals surface area contributed by atoms with Crippen molar-refractivity contribution in [2.75, 3.05) is 11.3 Å². The number of rotatable bonds is 6. The van der Waals surface area contributed by atoms with Gasteiger partial charge in [0.05, 0.1) is 23.7 Å². The van der Waals surface area contributed by atoms with E-state index >= 15 is 0 Å². The van der Waals surface area contributed by atoms with E-state index in [0.717, 1.165) is 23.9 Å². The number of benzene rings is 2. The summed E-state index contributed by atoms with van der Waals surface area (Å²) in [6.45, 7) is 3.36. The molecular formula is C20H23N5O3S. The molecule has 3 aromatic rings. The van der Waals surface area contributed by atoms with Crippen LogP contribution in [-0.4, -0.2) is 36.1 Å². The highest BCUT2D eigenvalue weighted by Gasteiger charge is 2.30. The molecule has 0 fully saturated rings. The summed E-state index contributed by atoms with van der Waals surface area (Å²) < 4.78 is 28.7. The molecule has 0 bridgehead atoms. The first-order valence-corrected chi connectivity index (χ1v) is 11.1. The number of H-pyrrole nitrogens is 1. The molecule has 0 radical (unpaired) electrons. The van der Waals surface area contributed by atoms with E-state index in [0.29, 0.717) is 30.6 Å². The molecule has 2 heterocycles. The minimum atomic E-state index is -3.84. The Hall–Kier alpha value is -3.07. The average Bonchev–Trinajstić information content (AvgIpc) is 3.29. The number of urea groups is 1. The zero-order valence-electron chi connectivity index (χ0n) is 16.1. The van der Waals surface area contributed by atoms with Crippen LogP contribution in [0.1, 0.15) is 31.0 Å². The lowest BCUT2D eigenvalue weighted by atomic mass is 10.1. The highest BCUT2D eigenvalue weighted by molar-refractivity contribution is 7.93. The number of anilines is 1. The van der Waals surface area contributed by atoms with Gasteiger partial charge in [-0.15, -0.1) is 0 Å². The van der Waals surface area contributed by atoms with Gasteiger partial charge in [0.2, 0.25) is 0 Å². The maximum Gasteiger partial charge on any atom is 0.318 e. The number of amides is 2. The zero-order valence-corrected chi connectivity index (χ0v) is 16.9. The highest BCUT2D eigenvalue weighted by Crippen LogP contribution is 2.30. The van der Waals surface area contributed by atoms with E-state index in [2.05, 4.69) is 27.2 Å². The number of carbonyl (C=O) groups is 1. The van der Waals surface area contributed by atoms with Crippen molar-refractivity contribution in [3.8, 4) is 0 Å². The maximum absolute atomic E-state index is 13.0. The molecule has 0 saturated carbocycles. The van der Waals surface area contributed by atoms with Gasteiger partial charge in [-0.25, -0.2) is 13.2 Å². The number of aromatic amines is 1. The molecule has 29 heavy (non-hydrogen) atoms. The highest BCUT2D eigenvalue weighted by atomic mass is 32.2. The van der Waals surface area contributed by atoms with Gasteiger partial charge in [0.1, 0.15) is 0 Å². The summed E-state index contributed by atoms with van der Waals surface area (Å²) in [7, 11) is -3.84. The molecule has 2 amide bonds. The predicted octanol–water partition coefficient (Wildman–Crippen LogP) is 3.19. The standard InChI is InChI=1S/C20H23N5O3S/c1-2-3-11-21-20(26)25-12-16-17(13-25)22-23-19(16)24-29(27,28)18-10-6-8-14-7-4-5-9-15(14)18/h4-10H,2-3,11-13H2,1H3,(H,21,26)(H2,22,23,24). The number of fused-ring (bicyclic) bond motifs is 2. The van der Waals surface area contributed by atoms with Crippen LogP contribution in [0.4, 0.5) is 10.6 Å². The average molecular weight is 414 g/mol. The quantitative estimate of drug-likeness (QED) is 0.540. The van der Waals surface area contributed by atoms with Crippen LogP contribution in [0.5, 0.6) is 0 Å². The van der Waals surface area contributed by atoms with Gasteiger partial charge in [-0.3, -0.25) is 9.82 Å². The molecule has 0 aliphatic carbocycles. The van der Waals surface area contributed by atoms with Gasteiger partial charge in [0, 0.05) is 17.5 Å². The lowest BCUT2D eigenvalue weighted by molar-refractivity contribution is 0.198. The van der Waals surface area contributed by atoms with E-state index in [-0.39, 0.29) is 16.7 Å². The smallest absolute Gasteiger partial charge is 0.318 e. The first-order chi connectivity index (χ1) is 14.0. The minimum absolute atomic E-state index is 0.161. The third-order valence-corrected chi connectivity index (χ3v) is 6.41. The number of sulfonamides is 1. The number of hydrogen-bond acceptors (Lipinski definition) is 4. The fraction of sp³-hybridized carbons (Fsp3) is 0.300. The molecule has 1 aliphatic rings. The van der Waals surface area contributed by atoms with Gasteiger partial charge in [-0.1, -0.05) is 49.7 Å². The molecule has 0 saturated heterocycles. The largest absolute Gasteiger partial charge is 0.338 e. The van der Waals surface area contributed by atoms with Crippen molar-refractivity contribution >= 4 is 32.6 Å². The lowest BCUT2D eigenvalue weighted by Gasteiger charge is -2.16. The second kappa shape index (κ2) is 7.75. The first-order valence-electron chi connectivity index (χ1n) is 9.59. The van der Waals surface area contributed by atoms with Crippen molar-refractivity contribution in [1.29, 1.82) is 0 Å². The Balaban J connectivity index is 1.54. The Bertz CT molecular complexity index is 1150. The second-order valence-corrected chi connectivity index (χ2v) is 8.70. The summed E-state index contributed by atoms with van der Waals surface area (Å²) in [5.74, 6) is 0.233. The van der Waals surface area contributed by atoms with E-state index in [1.54, 1.807) is 23.1 Å². The molecule has 0 unspecified atom stereocenters. The fourth-order valence-corrected chi connectivity index (χ4v) is 4.73.